The van der Waals surface area contributed by atoms with Crippen molar-refractivity contribution in [3.63, 3.8) is 0 Å². The zero-order valence-electron chi connectivity index (χ0n) is 9.13. The quantitative estimate of drug-likeness (QED) is 0.777. The van der Waals surface area contributed by atoms with Gasteiger partial charge >= 0.3 is 0 Å². The highest BCUT2D eigenvalue weighted by atomic mass is 16.6. The van der Waals surface area contributed by atoms with E-state index in [1.54, 1.807) is 30.3 Å². The van der Waals surface area contributed by atoms with Gasteiger partial charge in [-0.2, -0.15) is 0 Å². The largest absolute Gasteiger partial charge is 0.507 e. The molecule has 0 aromatic heterocycles. The molecule has 3 nitrogen and oxygen atoms in total. The van der Waals surface area contributed by atoms with Gasteiger partial charge in [0.15, 0.2) is 0 Å². The number of rotatable bonds is 2. The Balaban J connectivity index is 2.22. The van der Waals surface area contributed by atoms with Crippen LogP contribution >= 0.6 is 0 Å². The van der Waals surface area contributed by atoms with E-state index in [0.717, 1.165) is 5.56 Å². The molecule has 0 spiro atoms. The van der Waals surface area contributed by atoms with Crippen molar-refractivity contribution in [2.75, 3.05) is 6.61 Å². The van der Waals surface area contributed by atoms with Gasteiger partial charge in [-0.1, -0.05) is 30.3 Å². The standard InChI is InChI=1S/C14H12O3/c15-11-6-2-1-4-9(11)14-10(13-8-17-13)5-3-7-12(14)16/h1-7,13,15-16H,8H2. The third kappa shape index (κ3) is 1.74. The number of hydrogen-bond acceptors (Lipinski definition) is 3. The monoisotopic (exact) mass is 228 g/mol. The van der Waals surface area contributed by atoms with Crippen LogP contribution in [0.15, 0.2) is 42.5 Å². The normalized spacial score (nSPS) is 18.0. The summed E-state index contributed by atoms with van der Waals surface area (Å²) in [5.74, 6) is 0.329. The van der Waals surface area contributed by atoms with Gasteiger partial charge in [0.25, 0.3) is 0 Å². The lowest BCUT2D eigenvalue weighted by Gasteiger charge is -2.11. The van der Waals surface area contributed by atoms with E-state index in [9.17, 15) is 10.2 Å². The molecular formula is C14H12O3. The van der Waals surface area contributed by atoms with Gasteiger partial charge < -0.3 is 14.9 Å². The van der Waals surface area contributed by atoms with E-state index in [2.05, 4.69) is 0 Å². The van der Waals surface area contributed by atoms with Crippen LogP contribution in [-0.2, 0) is 4.74 Å². The number of benzene rings is 2. The number of aromatic hydroxyl groups is 2. The zero-order valence-corrected chi connectivity index (χ0v) is 9.13. The number of phenolic OH excluding ortho intramolecular Hbond substituents is 2. The molecule has 2 aromatic carbocycles. The minimum Gasteiger partial charge on any atom is -0.507 e. The van der Waals surface area contributed by atoms with Crippen LogP contribution in [0.4, 0.5) is 0 Å². The molecule has 2 N–H and O–H groups in total. The molecule has 1 aliphatic rings. The van der Waals surface area contributed by atoms with Crippen molar-refractivity contribution in [3.05, 3.63) is 48.0 Å². The average Bonchev–Trinajstić information content (AvgIpc) is 3.14. The predicted molar refractivity (Wildman–Crippen MR) is 63.9 cm³/mol. The van der Waals surface area contributed by atoms with Crippen molar-refractivity contribution in [1.82, 2.24) is 0 Å². The fraction of sp³-hybridized carbons (Fsp3) is 0.143. The van der Waals surface area contributed by atoms with Crippen LogP contribution in [0, 0.1) is 0 Å². The molecule has 1 unspecified atom stereocenters. The molecule has 86 valence electrons. The zero-order chi connectivity index (χ0) is 11.8. The van der Waals surface area contributed by atoms with Crippen LogP contribution < -0.4 is 0 Å². The minimum absolute atomic E-state index is 0.0386. The molecule has 1 atom stereocenters. The predicted octanol–water partition coefficient (Wildman–Crippen LogP) is 2.84. The third-order valence-corrected chi connectivity index (χ3v) is 2.93. The number of epoxide rings is 1. The summed E-state index contributed by atoms with van der Waals surface area (Å²) in [5.41, 5.74) is 2.22. The Kier molecular flexibility index (Phi) is 2.27. The Bertz CT molecular complexity index is 559. The van der Waals surface area contributed by atoms with Crippen molar-refractivity contribution in [1.29, 1.82) is 0 Å². The lowest BCUT2D eigenvalue weighted by Crippen LogP contribution is -1.89. The van der Waals surface area contributed by atoms with Crippen LogP contribution in [0.5, 0.6) is 11.5 Å². The van der Waals surface area contributed by atoms with Crippen LogP contribution in [-0.4, -0.2) is 16.8 Å². The molecule has 3 heteroatoms. The van der Waals surface area contributed by atoms with Crippen molar-refractivity contribution >= 4 is 0 Å². The van der Waals surface area contributed by atoms with Gasteiger partial charge in [-0.05, 0) is 17.7 Å². The Morgan fingerprint density at radius 2 is 1.65 bits per heavy atom. The summed E-state index contributed by atoms with van der Waals surface area (Å²) < 4.78 is 5.26. The number of ether oxygens (including phenoxy) is 1. The first kappa shape index (κ1) is 10.2. The summed E-state index contributed by atoms with van der Waals surface area (Å²) in [6.45, 7) is 0.671. The Labute approximate surface area is 98.9 Å². The van der Waals surface area contributed by atoms with E-state index in [4.69, 9.17) is 4.74 Å². The van der Waals surface area contributed by atoms with E-state index >= 15 is 0 Å². The Morgan fingerprint density at radius 3 is 2.35 bits per heavy atom. The fourth-order valence-electron chi connectivity index (χ4n) is 2.03. The molecule has 0 radical (unpaired) electrons. The Hall–Kier alpha value is -2.00. The van der Waals surface area contributed by atoms with Gasteiger partial charge in [0, 0.05) is 11.1 Å². The molecular weight excluding hydrogens is 216 g/mol. The second-order valence-corrected chi connectivity index (χ2v) is 4.08. The van der Waals surface area contributed by atoms with Gasteiger partial charge in [-0.25, -0.2) is 0 Å². The molecule has 1 fully saturated rings. The third-order valence-electron chi connectivity index (χ3n) is 2.93. The topological polar surface area (TPSA) is 53.0 Å². The average molecular weight is 228 g/mol. The highest BCUT2D eigenvalue weighted by Crippen LogP contribution is 2.44. The highest BCUT2D eigenvalue weighted by molar-refractivity contribution is 5.78. The van der Waals surface area contributed by atoms with Gasteiger partial charge in [-0.3, -0.25) is 0 Å². The van der Waals surface area contributed by atoms with Crippen LogP contribution in [0.2, 0.25) is 0 Å². The van der Waals surface area contributed by atoms with E-state index in [1.165, 1.54) is 0 Å². The number of hydrogen-bond donors (Lipinski definition) is 2. The molecule has 1 heterocycles. The first-order valence-electron chi connectivity index (χ1n) is 5.49. The molecule has 1 aliphatic heterocycles. The van der Waals surface area contributed by atoms with Crippen LogP contribution in [0.3, 0.4) is 0 Å². The van der Waals surface area contributed by atoms with Gasteiger partial charge in [0.2, 0.25) is 0 Å². The van der Waals surface area contributed by atoms with Crippen LogP contribution in [0.25, 0.3) is 11.1 Å². The second kappa shape index (κ2) is 3.79. The summed E-state index contributed by atoms with van der Waals surface area (Å²) in [5, 5.41) is 19.8. The second-order valence-electron chi connectivity index (χ2n) is 4.08. The maximum atomic E-state index is 9.98. The summed E-state index contributed by atoms with van der Waals surface area (Å²) in [7, 11) is 0. The minimum atomic E-state index is 0.0386. The van der Waals surface area contributed by atoms with Gasteiger partial charge in [0.05, 0.1) is 6.61 Å². The van der Waals surface area contributed by atoms with E-state index in [-0.39, 0.29) is 17.6 Å². The van der Waals surface area contributed by atoms with Gasteiger partial charge in [-0.15, -0.1) is 0 Å². The Morgan fingerprint density at radius 1 is 0.941 bits per heavy atom. The lowest BCUT2D eigenvalue weighted by atomic mass is 9.96. The van der Waals surface area contributed by atoms with Crippen molar-refractivity contribution in [3.8, 4) is 22.6 Å². The number of para-hydroxylation sites is 1. The molecule has 2 aromatic rings. The van der Waals surface area contributed by atoms with Crippen molar-refractivity contribution in [2.24, 2.45) is 0 Å². The first-order chi connectivity index (χ1) is 8.27. The molecule has 0 bridgehead atoms. The fourth-order valence-corrected chi connectivity index (χ4v) is 2.03. The van der Waals surface area contributed by atoms with Crippen molar-refractivity contribution in [2.45, 2.75) is 6.10 Å². The lowest BCUT2D eigenvalue weighted by molar-refractivity contribution is 0.414. The molecule has 0 aliphatic carbocycles. The smallest absolute Gasteiger partial charge is 0.123 e. The molecule has 0 saturated carbocycles. The van der Waals surface area contributed by atoms with E-state index in [1.807, 2.05) is 12.1 Å². The van der Waals surface area contributed by atoms with Gasteiger partial charge in [0.1, 0.15) is 17.6 Å². The SMILES string of the molecule is Oc1ccccc1-c1c(O)cccc1C1CO1. The maximum Gasteiger partial charge on any atom is 0.123 e. The highest BCUT2D eigenvalue weighted by Gasteiger charge is 2.29. The molecule has 3 rings (SSSR count). The van der Waals surface area contributed by atoms with Crippen LogP contribution in [0.1, 0.15) is 11.7 Å². The summed E-state index contributed by atoms with van der Waals surface area (Å²) in [6, 6.07) is 12.3. The van der Waals surface area contributed by atoms with E-state index < -0.39 is 0 Å². The first-order valence-corrected chi connectivity index (χ1v) is 5.49. The van der Waals surface area contributed by atoms with E-state index in [0.29, 0.717) is 17.7 Å². The summed E-state index contributed by atoms with van der Waals surface area (Å²) in [4.78, 5) is 0. The molecule has 1 saturated heterocycles. The summed E-state index contributed by atoms with van der Waals surface area (Å²) in [6.07, 6.45) is 0.0386. The maximum absolute atomic E-state index is 9.98. The summed E-state index contributed by atoms with van der Waals surface area (Å²) >= 11 is 0. The van der Waals surface area contributed by atoms with Crippen molar-refractivity contribution < 1.29 is 14.9 Å². The number of phenols is 2. The molecule has 17 heavy (non-hydrogen) atoms. The molecule has 0 amide bonds.